The molecule has 2 heterocycles. The predicted molar refractivity (Wildman–Crippen MR) is 83.3 cm³/mol. The van der Waals surface area contributed by atoms with Crippen molar-refractivity contribution in [1.82, 2.24) is 4.90 Å². The molecule has 1 fully saturated rings. The Bertz CT molecular complexity index is 763. The first-order valence-electron chi connectivity index (χ1n) is 7.62. The summed E-state index contributed by atoms with van der Waals surface area (Å²) >= 11 is 0. The molecule has 0 saturated carbocycles. The van der Waals surface area contributed by atoms with E-state index >= 15 is 0 Å². The lowest BCUT2D eigenvalue weighted by molar-refractivity contribution is -0.384. The zero-order chi connectivity index (χ0) is 18.1. The van der Waals surface area contributed by atoms with Crippen molar-refractivity contribution < 1.29 is 29.2 Å². The summed E-state index contributed by atoms with van der Waals surface area (Å²) in [5, 5.41) is 20.1. The normalized spacial score (nSPS) is 19.4. The van der Waals surface area contributed by atoms with E-state index < -0.39 is 28.7 Å². The van der Waals surface area contributed by atoms with Crippen LogP contribution in [-0.2, 0) is 14.4 Å². The Hall–Kier alpha value is -3.17. The Balaban J connectivity index is 1.86. The fourth-order valence-electron chi connectivity index (χ4n) is 3.03. The molecule has 0 radical (unpaired) electrons. The third-order valence-corrected chi connectivity index (χ3v) is 4.25. The molecule has 132 valence electrons. The van der Waals surface area contributed by atoms with Gasteiger partial charge in [0.05, 0.1) is 10.6 Å². The van der Waals surface area contributed by atoms with E-state index in [-0.39, 0.29) is 30.3 Å². The van der Waals surface area contributed by atoms with E-state index in [4.69, 9.17) is 4.74 Å². The number of benzene rings is 1. The molecule has 1 aromatic rings. The lowest BCUT2D eigenvalue weighted by atomic mass is 10.2. The van der Waals surface area contributed by atoms with Crippen LogP contribution in [0, 0.1) is 10.1 Å². The van der Waals surface area contributed by atoms with Crippen molar-refractivity contribution in [1.29, 1.82) is 0 Å². The maximum atomic E-state index is 12.5. The molecule has 0 aliphatic carbocycles. The van der Waals surface area contributed by atoms with Gasteiger partial charge in [-0.2, -0.15) is 0 Å². The van der Waals surface area contributed by atoms with Crippen LogP contribution in [0.4, 0.5) is 11.4 Å². The first-order valence-corrected chi connectivity index (χ1v) is 7.62. The van der Waals surface area contributed by atoms with Gasteiger partial charge < -0.3 is 14.7 Å². The fraction of sp³-hybridized carbons (Fsp3) is 0.400. The molecule has 2 amide bonds. The molecule has 0 spiro atoms. The smallest absolute Gasteiger partial charge is 0.326 e. The zero-order valence-electron chi connectivity index (χ0n) is 13.1. The molecule has 3 rings (SSSR count). The van der Waals surface area contributed by atoms with Gasteiger partial charge in [0, 0.05) is 18.7 Å². The number of nitro groups is 1. The average Bonchev–Trinajstić information content (AvgIpc) is 3.07. The Morgan fingerprint density at radius 1 is 1.40 bits per heavy atom. The van der Waals surface area contributed by atoms with Crippen molar-refractivity contribution in [3.05, 3.63) is 28.3 Å². The minimum absolute atomic E-state index is 0.130. The fourth-order valence-corrected chi connectivity index (χ4v) is 3.03. The molecular weight excluding hydrogens is 334 g/mol. The number of ether oxygens (including phenoxy) is 1. The van der Waals surface area contributed by atoms with E-state index in [0.717, 1.165) is 4.90 Å². The summed E-state index contributed by atoms with van der Waals surface area (Å²) in [6, 6.07) is 2.87. The van der Waals surface area contributed by atoms with E-state index in [1.807, 2.05) is 0 Å². The number of nitrogens with zero attached hydrogens (tertiary/aromatic N) is 3. The summed E-state index contributed by atoms with van der Waals surface area (Å²) in [5.74, 6) is -1.87. The summed E-state index contributed by atoms with van der Waals surface area (Å²) in [6.45, 7) is -0.378. The maximum absolute atomic E-state index is 12.5. The van der Waals surface area contributed by atoms with E-state index in [1.54, 1.807) is 0 Å². The zero-order valence-corrected chi connectivity index (χ0v) is 13.1. The highest BCUT2D eigenvalue weighted by atomic mass is 16.6. The van der Waals surface area contributed by atoms with Crippen LogP contribution in [0.15, 0.2) is 18.2 Å². The Kier molecular flexibility index (Phi) is 4.26. The number of carboxylic acids is 1. The number of non-ortho nitro benzene ring substituents is 1. The molecule has 0 aromatic heterocycles. The largest absolute Gasteiger partial charge is 0.482 e. The molecule has 25 heavy (non-hydrogen) atoms. The lowest BCUT2D eigenvalue weighted by Crippen LogP contribution is -2.49. The highest BCUT2D eigenvalue weighted by Gasteiger charge is 2.36. The van der Waals surface area contributed by atoms with Crippen LogP contribution in [0.5, 0.6) is 5.75 Å². The molecule has 1 unspecified atom stereocenters. The number of amides is 2. The number of anilines is 1. The van der Waals surface area contributed by atoms with Gasteiger partial charge in [-0.05, 0) is 18.9 Å². The minimum atomic E-state index is -1.09. The van der Waals surface area contributed by atoms with E-state index in [0.29, 0.717) is 19.4 Å². The van der Waals surface area contributed by atoms with Gasteiger partial charge in [-0.25, -0.2) is 4.79 Å². The molecule has 10 nitrogen and oxygen atoms in total. The molecule has 2 aliphatic rings. The second kappa shape index (κ2) is 6.38. The molecule has 10 heteroatoms. The molecule has 1 aromatic carbocycles. The number of carbonyl (C=O) groups excluding carboxylic acids is 2. The first kappa shape index (κ1) is 16.7. The number of aliphatic carboxylic acids is 1. The van der Waals surface area contributed by atoms with Crippen LogP contribution in [-0.4, -0.2) is 58.5 Å². The second-order valence-electron chi connectivity index (χ2n) is 5.76. The number of nitro benzene ring substituents is 1. The molecule has 1 atom stereocenters. The number of hydrogen-bond donors (Lipinski definition) is 1. The van der Waals surface area contributed by atoms with Crippen LogP contribution in [0.25, 0.3) is 0 Å². The highest BCUT2D eigenvalue weighted by Crippen LogP contribution is 2.35. The van der Waals surface area contributed by atoms with Gasteiger partial charge in [0.15, 0.2) is 6.61 Å². The minimum Gasteiger partial charge on any atom is -0.482 e. The second-order valence-corrected chi connectivity index (χ2v) is 5.76. The van der Waals surface area contributed by atoms with Crippen molar-refractivity contribution >= 4 is 29.2 Å². The van der Waals surface area contributed by atoms with Gasteiger partial charge in [-0.3, -0.25) is 24.6 Å². The number of rotatable bonds is 4. The quantitative estimate of drug-likeness (QED) is 0.615. The SMILES string of the molecule is O=C(O)C1CCCN1C(=O)CN1C(=O)COc2ccc([N+](=O)[O-])cc21. The van der Waals surface area contributed by atoms with Crippen molar-refractivity contribution in [2.75, 3.05) is 24.6 Å². The summed E-state index contributed by atoms with van der Waals surface area (Å²) < 4.78 is 5.23. The van der Waals surface area contributed by atoms with Crippen LogP contribution in [0.2, 0.25) is 0 Å². The highest BCUT2D eigenvalue weighted by molar-refractivity contribution is 6.02. The molecule has 0 bridgehead atoms. The van der Waals surface area contributed by atoms with Gasteiger partial charge >= 0.3 is 5.97 Å². The van der Waals surface area contributed by atoms with E-state index in [1.165, 1.54) is 23.1 Å². The van der Waals surface area contributed by atoms with E-state index in [9.17, 15) is 29.6 Å². The monoisotopic (exact) mass is 349 g/mol. The van der Waals surface area contributed by atoms with Gasteiger partial charge in [-0.1, -0.05) is 0 Å². The van der Waals surface area contributed by atoms with Gasteiger partial charge in [0.1, 0.15) is 18.3 Å². The van der Waals surface area contributed by atoms with Crippen LogP contribution in [0.1, 0.15) is 12.8 Å². The van der Waals surface area contributed by atoms with E-state index in [2.05, 4.69) is 0 Å². The Morgan fingerprint density at radius 2 is 2.16 bits per heavy atom. The number of fused-ring (bicyclic) bond motifs is 1. The molecule has 1 saturated heterocycles. The predicted octanol–water partition coefficient (Wildman–Crippen LogP) is 0.396. The number of hydrogen-bond acceptors (Lipinski definition) is 6. The van der Waals surface area contributed by atoms with Crippen LogP contribution in [0.3, 0.4) is 0 Å². The molecular formula is C15H15N3O7. The molecule has 2 aliphatic heterocycles. The summed E-state index contributed by atoms with van der Waals surface area (Å²) in [7, 11) is 0. The standard InChI is InChI=1S/C15H15N3O7/c19-13(16-5-1-2-10(16)15(21)22)7-17-11-6-9(18(23)24)3-4-12(11)25-8-14(17)20/h3-4,6,10H,1-2,5,7-8H2,(H,21,22). The third-order valence-electron chi connectivity index (χ3n) is 4.25. The van der Waals surface area contributed by atoms with Crippen molar-refractivity contribution in [3.63, 3.8) is 0 Å². The summed E-state index contributed by atoms with van der Waals surface area (Å²) in [5.41, 5.74) is -0.107. The molecule has 1 N–H and O–H groups in total. The Labute approximate surface area is 141 Å². The summed E-state index contributed by atoms with van der Waals surface area (Å²) in [4.78, 5) is 48.5. The third kappa shape index (κ3) is 3.10. The Morgan fingerprint density at radius 3 is 2.84 bits per heavy atom. The van der Waals surface area contributed by atoms with Gasteiger partial charge in [0.2, 0.25) is 5.91 Å². The number of carboxylic acid groups (broad SMARTS) is 1. The average molecular weight is 349 g/mol. The first-order chi connectivity index (χ1) is 11.9. The van der Waals surface area contributed by atoms with Crippen molar-refractivity contribution in [3.8, 4) is 5.75 Å². The van der Waals surface area contributed by atoms with Crippen LogP contribution < -0.4 is 9.64 Å². The number of carbonyl (C=O) groups is 3. The summed E-state index contributed by atoms with van der Waals surface area (Å²) in [6.07, 6.45) is 0.933. The topological polar surface area (TPSA) is 130 Å². The van der Waals surface area contributed by atoms with Gasteiger partial charge in [-0.15, -0.1) is 0 Å². The van der Waals surface area contributed by atoms with Gasteiger partial charge in [0.25, 0.3) is 11.6 Å². The van der Waals surface area contributed by atoms with Crippen molar-refractivity contribution in [2.45, 2.75) is 18.9 Å². The maximum Gasteiger partial charge on any atom is 0.326 e. The number of likely N-dealkylation sites (tertiary alicyclic amines) is 1. The van der Waals surface area contributed by atoms with Crippen LogP contribution >= 0.6 is 0 Å². The van der Waals surface area contributed by atoms with Crippen molar-refractivity contribution in [2.24, 2.45) is 0 Å². The lowest BCUT2D eigenvalue weighted by Gasteiger charge is -2.31.